The highest BCUT2D eigenvalue weighted by atomic mass is 16.4. The molecule has 0 radical (unpaired) electrons. The van der Waals surface area contributed by atoms with Crippen LogP contribution in [0.5, 0.6) is 0 Å². The highest BCUT2D eigenvalue weighted by molar-refractivity contribution is 5.90. The standard InChI is InChI=1S/C23H27N3O4/c24-20(27)18-10-23(18)9-17(22(29)30)19(25-12-23)21(28)26-8-7-16-14(11-26)6-5-13-3-1-2-4-15(13)16/h1-4,17-19,25H,5-12H2,(H2,24,27)(H,29,30). The van der Waals surface area contributed by atoms with Gasteiger partial charge in [-0.2, -0.15) is 0 Å². The number of primary amides is 1. The number of nitrogens with one attached hydrogen (secondary N) is 1. The van der Waals surface area contributed by atoms with E-state index >= 15 is 0 Å². The molecule has 2 aliphatic carbocycles. The molecule has 4 N–H and O–H groups in total. The molecule has 4 unspecified atom stereocenters. The van der Waals surface area contributed by atoms with E-state index in [1.165, 1.54) is 22.3 Å². The summed E-state index contributed by atoms with van der Waals surface area (Å²) < 4.78 is 0. The normalized spacial score (nSPS) is 32.4. The van der Waals surface area contributed by atoms with Crippen LogP contribution in [0.15, 0.2) is 29.8 Å². The van der Waals surface area contributed by atoms with E-state index in [9.17, 15) is 19.5 Å². The molecule has 0 aromatic heterocycles. The van der Waals surface area contributed by atoms with Crippen LogP contribution in [0.25, 0.3) is 5.57 Å². The maximum absolute atomic E-state index is 13.3. The summed E-state index contributed by atoms with van der Waals surface area (Å²) in [6.07, 6.45) is 3.66. The molecule has 1 aromatic carbocycles. The van der Waals surface area contributed by atoms with Crippen molar-refractivity contribution in [3.8, 4) is 0 Å². The SMILES string of the molecule is NC(=O)C1CC12CNC(C(=O)N1CCC3=C(CCc4ccccc43)C1)C(C(=O)O)C2. The Morgan fingerprint density at radius 3 is 2.67 bits per heavy atom. The number of aliphatic carboxylic acids is 1. The van der Waals surface area contributed by atoms with Crippen molar-refractivity contribution in [1.82, 2.24) is 10.2 Å². The minimum absolute atomic E-state index is 0.140. The molecule has 5 rings (SSSR count). The van der Waals surface area contributed by atoms with Crippen LogP contribution in [-0.2, 0) is 20.8 Å². The van der Waals surface area contributed by atoms with Gasteiger partial charge in [-0.25, -0.2) is 0 Å². The van der Waals surface area contributed by atoms with Crippen molar-refractivity contribution in [2.75, 3.05) is 19.6 Å². The van der Waals surface area contributed by atoms with E-state index in [0.717, 1.165) is 19.3 Å². The third-order valence-electron chi connectivity index (χ3n) is 7.61. The quantitative estimate of drug-likeness (QED) is 0.694. The van der Waals surface area contributed by atoms with Crippen molar-refractivity contribution in [3.63, 3.8) is 0 Å². The number of fused-ring (bicyclic) bond motifs is 2. The summed E-state index contributed by atoms with van der Waals surface area (Å²) in [5.74, 6) is -2.62. The average Bonchev–Trinajstić information content (AvgIpc) is 3.46. The highest BCUT2D eigenvalue weighted by Crippen LogP contribution is 2.58. The molecule has 1 saturated heterocycles. The van der Waals surface area contributed by atoms with E-state index in [0.29, 0.717) is 32.5 Å². The molecule has 30 heavy (non-hydrogen) atoms. The summed E-state index contributed by atoms with van der Waals surface area (Å²) in [7, 11) is 0. The zero-order valence-corrected chi connectivity index (χ0v) is 16.9. The van der Waals surface area contributed by atoms with E-state index in [4.69, 9.17) is 5.73 Å². The Hall–Kier alpha value is -2.67. The van der Waals surface area contributed by atoms with Gasteiger partial charge in [0.2, 0.25) is 11.8 Å². The van der Waals surface area contributed by atoms with Gasteiger partial charge in [0, 0.05) is 25.6 Å². The number of piperidine rings is 1. The number of nitrogens with zero attached hydrogens (tertiary/aromatic N) is 1. The van der Waals surface area contributed by atoms with Gasteiger partial charge in [-0.05, 0) is 59.8 Å². The van der Waals surface area contributed by atoms with Gasteiger partial charge >= 0.3 is 5.97 Å². The van der Waals surface area contributed by atoms with Crippen LogP contribution in [0, 0.1) is 17.3 Å². The molecule has 4 atom stereocenters. The zero-order valence-electron chi connectivity index (χ0n) is 16.9. The van der Waals surface area contributed by atoms with Gasteiger partial charge in [0.15, 0.2) is 0 Å². The van der Waals surface area contributed by atoms with Crippen LogP contribution >= 0.6 is 0 Å². The predicted molar refractivity (Wildman–Crippen MR) is 110 cm³/mol. The predicted octanol–water partition coefficient (Wildman–Crippen LogP) is 1.17. The minimum atomic E-state index is -0.987. The summed E-state index contributed by atoms with van der Waals surface area (Å²) in [5.41, 5.74) is 10.4. The lowest BCUT2D eigenvalue weighted by Gasteiger charge is -2.40. The lowest BCUT2D eigenvalue weighted by Crippen LogP contribution is -2.58. The van der Waals surface area contributed by atoms with Gasteiger partial charge in [0.25, 0.3) is 0 Å². The van der Waals surface area contributed by atoms with Gasteiger partial charge in [-0.15, -0.1) is 0 Å². The third-order valence-corrected chi connectivity index (χ3v) is 7.61. The first-order valence-electron chi connectivity index (χ1n) is 10.7. The van der Waals surface area contributed by atoms with Crippen LogP contribution in [0.1, 0.15) is 36.8 Å². The molecule has 2 fully saturated rings. The second kappa shape index (κ2) is 6.94. The fourth-order valence-electron chi connectivity index (χ4n) is 5.83. The number of carboxylic acids is 1. The second-order valence-corrected chi connectivity index (χ2v) is 9.28. The molecular formula is C23H27N3O4. The second-order valence-electron chi connectivity index (χ2n) is 9.28. The Balaban J connectivity index is 1.33. The summed E-state index contributed by atoms with van der Waals surface area (Å²) in [6, 6.07) is 7.71. The molecule has 158 valence electrons. The fourth-order valence-corrected chi connectivity index (χ4v) is 5.83. The van der Waals surface area contributed by atoms with Crippen molar-refractivity contribution in [3.05, 3.63) is 41.0 Å². The van der Waals surface area contributed by atoms with E-state index in [2.05, 4.69) is 29.6 Å². The summed E-state index contributed by atoms with van der Waals surface area (Å²) in [4.78, 5) is 38.7. The van der Waals surface area contributed by atoms with Crippen molar-refractivity contribution in [2.45, 2.75) is 38.1 Å². The molecular weight excluding hydrogens is 382 g/mol. The van der Waals surface area contributed by atoms with Crippen molar-refractivity contribution in [2.24, 2.45) is 23.0 Å². The lowest BCUT2D eigenvalue weighted by molar-refractivity contribution is -0.150. The molecule has 1 saturated carbocycles. The summed E-state index contributed by atoms with van der Waals surface area (Å²) >= 11 is 0. The Labute approximate surface area is 175 Å². The van der Waals surface area contributed by atoms with Crippen LogP contribution in [0.2, 0.25) is 0 Å². The Kier molecular flexibility index (Phi) is 4.47. The molecule has 2 aliphatic heterocycles. The Morgan fingerprint density at radius 2 is 1.93 bits per heavy atom. The van der Waals surface area contributed by atoms with E-state index in [1.54, 1.807) is 0 Å². The number of amides is 2. The number of carboxylic acid groups (broad SMARTS) is 1. The van der Waals surface area contributed by atoms with Crippen molar-refractivity contribution in [1.29, 1.82) is 0 Å². The first kappa shape index (κ1) is 19.3. The number of hydrogen-bond acceptors (Lipinski definition) is 4. The maximum atomic E-state index is 13.3. The number of aryl methyl sites for hydroxylation is 1. The van der Waals surface area contributed by atoms with Gasteiger partial charge in [-0.1, -0.05) is 24.3 Å². The Bertz CT molecular complexity index is 971. The number of carbonyl (C=O) groups is 3. The van der Waals surface area contributed by atoms with Gasteiger partial charge in [0.05, 0.1) is 5.92 Å². The molecule has 1 spiro atoms. The summed E-state index contributed by atoms with van der Waals surface area (Å²) in [5, 5.41) is 13.0. The number of nitrogens with two attached hydrogens (primary N) is 1. The maximum Gasteiger partial charge on any atom is 0.308 e. The molecule has 7 heteroatoms. The highest BCUT2D eigenvalue weighted by Gasteiger charge is 2.62. The molecule has 2 heterocycles. The van der Waals surface area contributed by atoms with E-state index < -0.39 is 23.3 Å². The van der Waals surface area contributed by atoms with Crippen LogP contribution < -0.4 is 11.1 Å². The van der Waals surface area contributed by atoms with Gasteiger partial charge < -0.3 is 21.1 Å². The fraction of sp³-hybridized carbons (Fsp3) is 0.522. The third kappa shape index (κ3) is 3.03. The average molecular weight is 409 g/mol. The van der Waals surface area contributed by atoms with Crippen LogP contribution in [-0.4, -0.2) is 53.5 Å². The smallest absolute Gasteiger partial charge is 0.308 e. The number of hydrogen-bond donors (Lipinski definition) is 3. The van der Waals surface area contributed by atoms with Crippen molar-refractivity contribution < 1.29 is 19.5 Å². The first-order valence-corrected chi connectivity index (χ1v) is 10.7. The van der Waals surface area contributed by atoms with E-state index in [-0.39, 0.29) is 17.7 Å². The molecule has 1 aromatic rings. The first-order chi connectivity index (χ1) is 14.4. The van der Waals surface area contributed by atoms with Crippen molar-refractivity contribution >= 4 is 23.4 Å². The molecule has 4 aliphatic rings. The topological polar surface area (TPSA) is 113 Å². The Morgan fingerprint density at radius 1 is 1.13 bits per heavy atom. The van der Waals surface area contributed by atoms with Gasteiger partial charge in [0.1, 0.15) is 6.04 Å². The lowest BCUT2D eigenvalue weighted by atomic mass is 9.79. The van der Waals surface area contributed by atoms with Crippen LogP contribution in [0.4, 0.5) is 0 Å². The van der Waals surface area contributed by atoms with E-state index in [1.807, 2.05) is 4.90 Å². The monoisotopic (exact) mass is 409 g/mol. The number of benzene rings is 1. The van der Waals surface area contributed by atoms with Gasteiger partial charge in [-0.3, -0.25) is 14.4 Å². The summed E-state index contributed by atoms with van der Waals surface area (Å²) in [6.45, 7) is 1.64. The molecule has 0 bridgehead atoms. The number of carbonyl (C=O) groups excluding carboxylic acids is 2. The molecule has 7 nitrogen and oxygen atoms in total. The minimum Gasteiger partial charge on any atom is -0.481 e. The largest absolute Gasteiger partial charge is 0.481 e. The number of rotatable bonds is 3. The van der Waals surface area contributed by atoms with Crippen LogP contribution in [0.3, 0.4) is 0 Å². The molecule has 2 amide bonds. The zero-order chi connectivity index (χ0) is 21.0.